The molecule has 1 aromatic rings. The van der Waals surface area contributed by atoms with Crippen LogP contribution in [0, 0.1) is 5.82 Å². The van der Waals surface area contributed by atoms with E-state index in [9.17, 15) is 4.39 Å². The fourth-order valence-corrected chi connectivity index (χ4v) is 2.67. The highest BCUT2D eigenvalue weighted by Crippen LogP contribution is 2.19. The highest BCUT2D eigenvalue weighted by molar-refractivity contribution is 5.48. The second kappa shape index (κ2) is 7.41. The maximum absolute atomic E-state index is 12.8. The molecule has 1 N–H and O–H groups in total. The zero-order valence-electron chi connectivity index (χ0n) is 11.3. The van der Waals surface area contributed by atoms with Crippen molar-refractivity contribution in [3.05, 3.63) is 41.7 Å². The molecule has 1 atom stereocenters. The number of rotatable bonds is 5. The third-order valence-corrected chi connectivity index (χ3v) is 3.73. The van der Waals surface area contributed by atoms with Gasteiger partial charge in [0.1, 0.15) is 5.82 Å². The third kappa shape index (κ3) is 4.44. The predicted octanol–water partition coefficient (Wildman–Crippen LogP) is 3.08. The lowest BCUT2D eigenvalue weighted by molar-refractivity contribution is 0.132. The van der Waals surface area contributed by atoms with Gasteiger partial charge in [0, 0.05) is 19.2 Å². The summed E-state index contributed by atoms with van der Waals surface area (Å²) in [6.45, 7) is 2.28. The Morgan fingerprint density at radius 1 is 1.26 bits per heavy atom. The maximum Gasteiger partial charge on any atom is 0.123 e. The topological polar surface area (TPSA) is 23.5 Å². The lowest BCUT2D eigenvalue weighted by atomic mass is 9.99. The summed E-state index contributed by atoms with van der Waals surface area (Å²) in [5.74, 6) is -0.198. The first-order chi connectivity index (χ1) is 9.29. The highest BCUT2D eigenvalue weighted by atomic mass is 19.1. The van der Waals surface area contributed by atoms with Crippen LogP contribution in [-0.4, -0.2) is 35.7 Å². The standard InChI is InChI=1S/C16H22FNO/c17-15-8-6-14(7-9-15)4-3-12-18-11-2-1-5-16(18)10-13-19/h3-4,6-9,16,19H,1-2,5,10-13H2/b4-3+. The smallest absolute Gasteiger partial charge is 0.123 e. The first-order valence-electron chi connectivity index (χ1n) is 7.06. The molecular weight excluding hydrogens is 241 g/mol. The summed E-state index contributed by atoms with van der Waals surface area (Å²) in [4.78, 5) is 2.43. The molecule has 1 aliphatic heterocycles. The van der Waals surface area contributed by atoms with Crippen LogP contribution in [0.5, 0.6) is 0 Å². The first kappa shape index (κ1) is 14.2. The van der Waals surface area contributed by atoms with E-state index in [0.717, 1.165) is 25.1 Å². The lowest BCUT2D eigenvalue weighted by Gasteiger charge is -2.34. The van der Waals surface area contributed by atoms with Crippen LogP contribution in [-0.2, 0) is 0 Å². The number of hydrogen-bond acceptors (Lipinski definition) is 2. The van der Waals surface area contributed by atoms with Gasteiger partial charge in [-0.15, -0.1) is 0 Å². The van der Waals surface area contributed by atoms with Gasteiger partial charge in [-0.2, -0.15) is 0 Å². The molecule has 3 heteroatoms. The van der Waals surface area contributed by atoms with Gasteiger partial charge in [-0.1, -0.05) is 30.7 Å². The molecule has 1 aromatic carbocycles. The van der Waals surface area contributed by atoms with Crippen LogP contribution in [0.1, 0.15) is 31.2 Å². The minimum atomic E-state index is -0.198. The summed E-state index contributed by atoms with van der Waals surface area (Å²) in [6.07, 6.45) is 8.72. The SMILES string of the molecule is OCCC1CCCCN1C/C=C/c1ccc(F)cc1. The molecule has 1 fully saturated rings. The zero-order valence-corrected chi connectivity index (χ0v) is 11.3. The van der Waals surface area contributed by atoms with Crippen LogP contribution in [0.15, 0.2) is 30.3 Å². The Labute approximate surface area is 114 Å². The van der Waals surface area contributed by atoms with Crippen molar-refractivity contribution in [2.45, 2.75) is 31.7 Å². The Hall–Kier alpha value is -1.19. The second-order valence-electron chi connectivity index (χ2n) is 5.11. The van der Waals surface area contributed by atoms with Crippen LogP contribution in [0.2, 0.25) is 0 Å². The van der Waals surface area contributed by atoms with Crippen molar-refractivity contribution in [2.75, 3.05) is 19.7 Å². The maximum atomic E-state index is 12.8. The summed E-state index contributed by atoms with van der Waals surface area (Å²) < 4.78 is 12.8. The van der Waals surface area contributed by atoms with E-state index in [0.29, 0.717) is 6.04 Å². The van der Waals surface area contributed by atoms with Crippen LogP contribution < -0.4 is 0 Å². The molecule has 1 saturated heterocycles. The fourth-order valence-electron chi connectivity index (χ4n) is 2.67. The molecule has 0 aromatic heterocycles. The van der Waals surface area contributed by atoms with E-state index in [2.05, 4.69) is 11.0 Å². The molecule has 104 valence electrons. The van der Waals surface area contributed by atoms with Gasteiger partial charge in [-0.3, -0.25) is 4.90 Å². The highest BCUT2D eigenvalue weighted by Gasteiger charge is 2.20. The van der Waals surface area contributed by atoms with Crippen molar-refractivity contribution in [2.24, 2.45) is 0 Å². The van der Waals surface area contributed by atoms with Crippen molar-refractivity contribution in [1.82, 2.24) is 4.90 Å². The zero-order chi connectivity index (χ0) is 13.5. The van der Waals surface area contributed by atoms with Crippen molar-refractivity contribution < 1.29 is 9.50 Å². The van der Waals surface area contributed by atoms with E-state index < -0.39 is 0 Å². The summed E-state index contributed by atoms with van der Waals surface area (Å²) in [5.41, 5.74) is 1.03. The quantitative estimate of drug-likeness (QED) is 0.882. The van der Waals surface area contributed by atoms with Crippen LogP contribution >= 0.6 is 0 Å². The Bertz CT molecular complexity index is 400. The molecule has 2 nitrogen and oxygen atoms in total. The predicted molar refractivity (Wildman–Crippen MR) is 76.3 cm³/mol. The van der Waals surface area contributed by atoms with Crippen LogP contribution in [0.3, 0.4) is 0 Å². The number of aliphatic hydroxyl groups excluding tert-OH is 1. The Kier molecular flexibility index (Phi) is 5.55. The van der Waals surface area contributed by atoms with Gasteiger partial charge >= 0.3 is 0 Å². The fraction of sp³-hybridized carbons (Fsp3) is 0.500. The van der Waals surface area contributed by atoms with Gasteiger partial charge in [-0.05, 0) is 43.5 Å². The van der Waals surface area contributed by atoms with Crippen LogP contribution in [0.4, 0.5) is 4.39 Å². The van der Waals surface area contributed by atoms with Gasteiger partial charge in [0.25, 0.3) is 0 Å². The molecular formula is C16H22FNO. The molecule has 1 unspecified atom stereocenters. The second-order valence-corrected chi connectivity index (χ2v) is 5.11. The van der Waals surface area contributed by atoms with Gasteiger partial charge in [0.15, 0.2) is 0 Å². The largest absolute Gasteiger partial charge is 0.396 e. The van der Waals surface area contributed by atoms with E-state index in [1.165, 1.54) is 31.4 Å². The molecule has 0 radical (unpaired) electrons. The number of likely N-dealkylation sites (tertiary alicyclic amines) is 1. The number of hydrogen-bond donors (Lipinski definition) is 1. The van der Waals surface area contributed by atoms with Crippen LogP contribution in [0.25, 0.3) is 6.08 Å². The first-order valence-corrected chi connectivity index (χ1v) is 7.06. The van der Waals surface area contributed by atoms with E-state index in [4.69, 9.17) is 5.11 Å². The molecule has 0 bridgehead atoms. The Balaban J connectivity index is 1.87. The lowest BCUT2D eigenvalue weighted by Crippen LogP contribution is -2.40. The number of nitrogens with zero attached hydrogens (tertiary/aromatic N) is 1. The molecule has 2 rings (SSSR count). The molecule has 1 heterocycles. The molecule has 0 aliphatic carbocycles. The van der Waals surface area contributed by atoms with E-state index in [1.54, 1.807) is 12.1 Å². The monoisotopic (exact) mass is 263 g/mol. The summed E-state index contributed by atoms with van der Waals surface area (Å²) >= 11 is 0. The van der Waals surface area contributed by atoms with Crippen molar-refractivity contribution >= 4 is 6.08 Å². The summed E-state index contributed by atoms with van der Waals surface area (Å²) in [7, 11) is 0. The van der Waals surface area contributed by atoms with Crippen molar-refractivity contribution in [3.8, 4) is 0 Å². The average Bonchev–Trinajstić information content (AvgIpc) is 2.43. The number of aliphatic hydroxyl groups is 1. The van der Waals surface area contributed by atoms with Crippen molar-refractivity contribution in [1.29, 1.82) is 0 Å². The van der Waals surface area contributed by atoms with E-state index >= 15 is 0 Å². The number of benzene rings is 1. The van der Waals surface area contributed by atoms with Gasteiger partial charge in [0.2, 0.25) is 0 Å². The van der Waals surface area contributed by atoms with E-state index in [1.807, 2.05) is 6.08 Å². The number of piperidine rings is 1. The average molecular weight is 263 g/mol. The molecule has 0 saturated carbocycles. The molecule has 0 amide bonds. The van der Waals surface area contributed by atoms with Gasteiger partial charge in [0.05, 0.1) is 0 Å². The summed E-state index contributed by atoms with van der Waals surface area (Å²) in [6, 6.07) is 7.04. The normalized spacial score (nSPS) is 21.1. The minimum absolute atomic E-state index is 0.198. The van der Waals surface area contributed by atoms with Gasteiger partial charge < -0.3 is 5.11 Å². The molecule has 0 spiro atoms. The summed E-state index contributed by atoms with van der Waals surface area (Å²) in [5, 5.41) is 9.09. The van der Waals surface area contributed by atoms with E-state index in [-0.39, 0.29) is 12.4 Å². The molecule has 19 heavy (non-hydrogen) atoms. The Morgan fingerprint density at radius 2 is 2.05 bits per heavy atom. The third-order valence-electron chi connectivity index (χ3n) is 3.73. The van der Waals surface area contributed by atoms with Crippen molar-refractivity contribution in [3.63, 3.8) is 0 Å². The molecule has 1 aliphatic rings. The minimum Gasteiger partial charge on any atom is -0.396 e. The Morgan fingerprint density at radius 3 is 2.79 bits per heavy atom. The van der Waals surface area contributed by atoms with Gasteiger partial charge in [-0.25, -0.2) is 4.39 Å². The number of halogens is 1.